The summed E-state index contributed by atoms with van der Waals surface area (Å²) in [6, 6.07) is 18.3. The molecule has 1 saturated heterocycles. The number of hydrogen-bond donors (Lipinski definition) is 2. The molecule has 0 amide bonds. The van der Waals surface area contributed by atoms with Gasteiger partial charge in [-0.05, 0) is 23.3 Å². The molecule has 2 N–H and O–H groups in total. The van der Waals surface area contributed by atoms with Crippen LogP contribution in [0.3, 0.4) is 0 Å². The van der Waals surface area contributed by atoms with Crippen molar-refractivity contribution >= 4 is 29.7 Å². The summed E-state index contributed by atoms with van der Waals surface area (Å²) >= 11 is 0. The van der Waals surface area contributed by atoms with Crippen molar-refractivity contribution in [2.24, 2.45) is 5.10 Å². The van der Waals surface area contributed by atoms with Gasteiger partial charge in [-0.3, -0.25) is 0 Å². The molecule has 0 unspecified atom stereocenters. The van der Waals surface area contributed by atoms with Crippen molar-refractivity contribution in [2.75, 3.05) is 60.9 Å². The van der Waals surface area contributed by atoms with Gasteiger partial charge in [-0.2, -0.15) is 20.1 Å². The molecule has 3 aromatic rings. The fourth-order valence-electron chi connectivity index (χ4n) is 3.20. The van der Waals surface area contributed by atoms with Crippen molar-refractivity contribution in [3.05, 3.63) is 65.7 Å². The van der Waals surface area contributed by atoms with Gasteiger partial charge < -0.3 is 19.9 Å². The van der Waals surface area contributed by atoms with Gasteiger partial charge in [-0.1, -0.05) is 42.5 Å². The van der Waals surface area contributed by atoms with E-state index in [0.717, 1.165) is 29.9 Å². The van der Waals surface area contributed by atoms with E-state index in [0.29, 0.717) is 37.6 Å². The third-order valence-corrected chi connectivity index (χ3v) is 5.00. The topological polar surface area (TPSA) is 90.8 Å². The number of hydrazone groups is 1. The van der Waals surface area contributed by atoms with Crippen LogP contribution in [0.2, 0.25) is 0 Å². The second-order valence-electron chi connectivity index (χ2n) is 7.58. The number of nitrogens with zero attached hydrogens (tertiary/aromatic N) is 6. The highest BCUT2D eigenvalue weighted by Crippen LogP contribution is 2.16. The van der Waals surface area contributed by atoms with Crippen LogP contribution < -0.4 is 20.5 Å². The third kappa shape index (κ3) is 5.92. The summed E-state index contributed by atoms with van der Waals surface area (Å²) in [7, 11) is 4.03. The average molecular weight is 433 g/mol. The van der Waals surface area contributed by atoms with Gasteiger partial charge in [0.1, 0.15) is 0 Å². The van der Waals surface area contributed by atoms with E-state index in [1.165, 1.54) is 0 Å². The zero-order valence-electron chi connectivity index (χ0n) is 18.4. The van der Waals surface area contributed by atoms with Gasteiger partial charge in [0.2, 0.25) is 17.8 Å². The Morgan fingerprint density at radius 1 is 0.969 bits per heavy atom. The second kappa shape index (κ2) is 10.5. The Labute approximate surface area is 188 Å². The number of morpholine rings is 1. The molecule has 0 aliphatic carbocycles. The second-order valence-corrected chi connectivity index (χ2v) is 7.58. The minimum absolute atomic E-state index is 0.387. The zero-order chi connectivity index (χ0) is 22.2. The summed E-state index contributed by atoms with van der Waals surface area (Å²) in [5, 5.41) is 7.61. The van der Waals surface area contributed by atoms with Gasteiger partial charge in [0, 0.05) is 39.4 Å². The van der Waals surface area contributed by atoms with Crippen molar-refractivity contribution in [1.82, 2.24) is 15.0 Å². The highest BCUT2D eigenvalue weighted by atomic mass is 16.5. The van der Waals surface area contributed by atoms with Crippen LogP contribution in [0.4, 0.5) is 23.5 Å². The standard InChI is InChI=1S/C23H28N8O/c1-30(2)20-10-8-19(9-11-20)17-25-29-22-26-21(24-16-18-6-4-3-5-7-18)27-23(28-22)31-12-14-32-15-13-31/h3-11,17H,12-16H2,1-2H3,(H2,24,26,27,28,29). The van der Waals surface area contributed by atoms with Crippen LogP contribution in [-0.2, 0) is 11.3 Å². The largest absolute Gasteiger partial charge is 0.378 e. The highest BCUT2D eigenvalue weighted by molar-refractivity contribution is 5.80. The summed E-state index contributed by atoms with van der Waals surface area (Å²) in [5.74, 6) is 1.49. The van der Waals surface area contributed by atoms with Gasteiger partial charge in [-0.25, -0.2) is 5.43 Å². The maximum atomic E-state index is 5.45. The van der Waals surface area contributed by atoms with E-state index in [2.05, 4.69) is 52.7 Å². The molecule has 166 valence electrons. The first-order chi connectivity index (χ1) is 15.7. The number of nitrogens with one attached hydrogen (secondary N) is 2. The maximum Gasteiger partial charge on any atom is 0.250 e. The molecule has 1 aliphatic heterocycles. The molecular weight excluding hydrogens is 404 g/mol. The van der Waals surface area contributed by atoms with E-state index in [9.17, 15) is 0 Å². The van der Waals surface area contributed by atoms with Crippen LogP contribution >= 0.6 is 0 Å². The number of ether oxygens (including phenoxy) is 1. The van der Waals surface area contributed by atoms with Gasteiger partial charge in [0.15, 0.2) is 0 Å². The first-order valence-corrected chi connectivity index (χ1v) is 10.6. The zero-order valence-corrected chi connectivity index (χ0v) is 18.4. The Balaban J connectivity index is 1.48. The Kier molecular flexibility index (Phi) is 7.08. The molecular formula is C23H28N8O. The van der Waals surface area contributed by atoms with E-state index < -0.39 is 0 Å². The van der Waals surface area contributed by atoms with Crippen LogP contribution in [0, 0.1) is 0 Å². The molecule has 9 heteroatoms. The first kappa shape index (κ1) is 21.5. The number of benzene rings is 2. The molecule has 32 heavy (non-hydrogen) atoms. The SMILES string of the molecule is CN(C)c1ccc(C=NNc2nc(NCc3ccccc3)nc(N3CCOCC3)n2)cc1. The lowest BCUT2D eigenvalue weighted by Crippen LogP contribution is -2.37. The van der Waals surface area contributed by atoms with E-state index in [1.54, 1.807) is 6.21 Å². The molecule has 0 atom stereocenters. The van der Waals surface area contributed by atoms with E-state index in [1.807, 2.05) is 56.6 Å². The lowest BCUT2D eigenvalue weighted by molar-refractivity contribution is 0.122. The Bertz CT molecular complexity index is 1020. The van der Waals surface area contributed by atoms with E-state index in [4.69, 9.17) is 4.74 Å². The predicted octanol–water partition coefficient (Wildman–Crippen LogP) is 2.83. The number of hydrogen-bond acceptors (Lipinski definition) is 9. The summed E-state index contributed by atoms with van der Waals surface area (Å²) in [5.41, 5.74) is 6.21. The van der Waals surface area contributed by atoms with Gasteiger partial charge in [-0.15, -0.1) is 0 Å². The van der Waals surface area contributed by atoms with Gasteiger partial charge >= 0.3 is 0 Å². The van der Waals surface area contributed by atoms with Crippen molar-refractivity contribution in [3.8, 4) is 0 Å². The van der Waals surface area contributed by atoms with Crippen LogP contribution in [0.15, 0.2) is 59.7 Å². The molecule has 0 spiro atoms. The summed E-state index contributed by atoms with van der Waals surface area (Å²) in [6.45, 7) is 3.41. The number of aromatic nitrogens is 3. The summed E-state index contributed by atoms with van der Waals surface area (Å²) in [4.78, 5) is 17.8. The van der Waals surface area contributed by atoms with Crippen molar-refractivity contribution in [3.63, 3.8) is 0 Å². The minimum Gasteiger partial charge on any atom is -0.378 e. The van der Waals surface area contributed by atoms with Crippen molar-refractivity contribution in [1.29, 1.82) is 0 Å². The minimum atomic E-state index is 0.387. The molecule has 1 fully saturated rings. The van der Waals surface area contributed by atoms with Crippen LogP contribution in [0.5, 0.6) is 0 Å². The monoisotopic (exact) mass is 432 g/mol. The molecule has 0 radical (unpaired) electrons. The maximum absolute atomic E-state index is 5.45. The highest BCUT2D eigenvalue weighted by Gasteiger charge is 2.16. The Morgan fingerprint density at radius 2 is 1.69 bits per heavy atom. The predicted molar refractivity (Wildman–Crippen MR) is 129 cm³/mol. The molecule has 9 nitrogen and oxygen atoms in total. The molecule has 2 aromatic carbocycles. The lowest BCUT2D eigenvalue weighted by atomic mass is 10.2. The van der Waals surface area contributed by atoms with Crippen LogP contribution in [0.1, 0.15) is 11.1 Å². The average Bonchev–Trinajstić information content (AvgIpc) is 2.84. The molecule has 2 heterocycles. The fraction of sp³-hybridized carbons (Fsp3) is 0.304. The quantitative estimate of drug-likeness (QED) is 0.415. The first-order valence-electron chi connectivity index (χ1n) is 10.6. The van der Waals surface area contributed by atoms with Gasteiger partial charge in [0.05, 0.1) is 19.4 Å². The fourth-order valence-corrected chi connectivity index (χ4v) is 3.20. The molecule has 1 aromatic heterocycles. The summed E-state index contributed by atoms with van der Waals surface area (Å²) < 4.78 is 5.45. The molecule has 1 aliphatic rings. The van der Waals surface area contributed by atoms with Gasteiger partial charge in [0.25, 0.3) is 0 Å². The van der Waals surface area contributed by atoms with Crippen LogP contribution in [-0.4, -0.2) is 61.6 Å². The lowest BCUT2D eigenvalue weighted by Gasteiger charge is -2.27. The molecule has 4 rings (SSSR count). The number of rotatable bonds is 8. The Morgan fingerprint density at radius 3 is 2.41 bits per heavy atom. The molecule has 0 bridgehead atoms. The van der Waals surface area contributed by atoms with Crippen molar-refractivity contribution in [2.45, 2.75) is 6.54 Å². The van der Waals surface area contributed by atoms with Crippen molar-refractivity contribution < 1.29 is 4.74 Å². The third-order valence-electron chi connectivity index (χ3n) is 5.00. The van der Waals surface area contributed by atoms with E-state index >= 15 is 0 Å². The Hall–Kier alpha value is -3.72. The number of anilines is 4. The summed E-state index contributed by atoms with van der Waals surface area (Å²) in [6.07, 6.45) is 1.74. The van der Waals surface area contributed by atoms with E-state index in [-0.39, 0.29) is 0 Å². The normalized spacial score (nSPS) is 13.9. The molecule has 0 saturated carbocycles. The van der Waals surface area contributed by atoms with Crippen LogP contribution in [0.25, 0.3) is 0 Å². The smallest absolute Gasteiger partial charge is 0.250 e.